The molecule has 1 rings (SSSR count). The van der Waals surface area contributed by atoms with Crippen molar-refractivity contribution in [3.05, 3.63) is 23.9 Å². The van der Waals surface area contributed by atoms with Crippen LogP contribution < -0.4 is 0 Å². The minimum Gasteiger partial charge on any atom is -0.245 e. The zero-order valence-electron chi connectivity index (χ0n) is 4.59. The van der Waals surface area contributed by atoms with Gasteiger partial charge in [0.15, 0.2) is 0 Å². The maximum Gasteiger partial charge on any atom is 0.126 e. The van der Waals surface area contributed by atoms with Crippen molar-refractivity contribution in [2.24, 2.45) is 0 Å². The van der Waals surface area contributed by atoms with Gasteiger partial charge in [0.05, 0.1) is 0 Å². The topological polar surface area (TPSA) is 12.9 Å². The second-order valence-corrected chi connectivity index (χ2v) is 2.09. The van der Waals surface area contributed by atoms with E-state index in [0.29, 0.717) is 5.03 Å². The molecule has 0 saturated heterocycles. The van der Waals surface area contributed by atoms with E-state index in [4.69, 9.17) is 12.6 Å². The molecule has 1 aromatic heterocycles. The lowest BCUT2D eigenvalue weighted by atomic mass is 10.3. The van der Waals surface area contributed by atoms with E-state index in [1.807, 2.05) is 19.1 Å². The van der Waals surface area contributed by atoms with Gasteiger partial charge in [-0.1, -0.05) is 12.6 Å². The van der Waals surface area contributed by atoms with Crippen LogP contribution in [0.4, 0.5) is 0 Å². The van der Waals surface area contributed by atoms with E-state index in [1.165, 1.54) is 5.56 Å². The molecule has 1 nitrogen and oxygen atoms in total. The third-order valence-electron chi connectivity index (χ3n) is 0.890. The van der Waals surface area contributed by atoms with Crippen molar-refractivity contribution >= 4 is 12.6 Å². The van der Waals surface area contributed by atoms with E-state index in [2.05, 4.69) is 4.98 Å². The molecule has 0 aliphatic carbocycles. The normalized spacial score (nSPS) is 9.12. The standard InChI is InChI=1S/C6H6NS/c1-5-2-3-7-6(8)4-5/h2-4H,1H3. The highest BCUT2D eigenvalue weighted by Gasteiger charge is 1.84. The fourth-order valence-electron chi connectivity index (χ4n) is 0.508. The van der Waals surface area contributed by atoms with Gasteiger partial charge < -0.3 is 0 Å². The van der Waals surface area contributed by atoms with Crippen LogP contribution in [0.1, 0.15) is 5.56 Å². The van der Waals surface area contributed by atoms with E-state index in [1.54, 1.807) is 6.20 Å². The maximum absolute atomic E-state index is 4.79. The van der Waals surface area contributed by atoms with Crippen LogP contribution in [0.5, 0.6) is 0 Å². The summed E-state index contributed by atoms with van der Waals surface area (Å²) in [5.74, 6) is 0. The Balaban J connectivity index is 3.08. The molecule has 0 aliphatic heterocycles. The Morgan fingerprint density at radius 1 is 1.62 bits per heavy atom. The molecule has 0 atom stereocenters. The second kappa shape index (κ2) is 2.09. The van der Waals surface area contributed by atoms with Crippen LogP contribution in [0.2, 0.25) is 0 Å². The molecule has 1 radical (unpaired) electrons. The van der Waals surface area contributed by atoms with Crippen molar-refractivity contribution in [2.75, 3.05) is 0 Å². The van der Waals surface area contributed by atoms with Gasteiger partial charge in [0.2, 0.25) is 0 Å². The molecule has 1 aromatic rings. The summed E-state index contributed by atoms with van der Waals surface area (Å²) in [7, 11) is 0. The third kappa shape index (κ3) is 1.17. The van der Waals surface area contributed by atoms with E-state index in [-0.39, 0.29) is 0 Å². The van der Waals surface area contributed by atoms with Crippen molar-refractivity contribution in [2.45, 2.75) is 11.9 Å². The van der Waals surface area contributed by atoms with Crippen molar-refractivity contribution in [1.29, 1.82) is 0 Å². The minimum absolute atomic E-state index is 0.671. The number of aromatic nitrogens is 1. The summed E-state index contributed by atoms with van der Waals surface area (Å²) in [6.07, 6.45) is 1.72. The monoisotopic (exact) mass is 124 g/mol. The van der Waals surface area contributed by atoms with Crippen molar-refractivity contribution < 1.29 is 0 Å². The van der Waals surface area contributed by atoms with Gasteiger partial charge in [0.25, 0.3) is 0 Å². The van der Waals surface area contributed by atoms with Crippen LogP contribution >= 0.6 is 12.6 Å². The van der Waals surface area contributed by atoms with Gasteiger partial charge in [0, 0.05) is 6.20 Å². The largest absolute Gasteiger partial charge is 0.245 e. The SMILES string of the molecule is Cc1ccnc([S])c1. The van der Waals surface area contributed by atoms with Crippen molar-refractivity contribution in [3.8, 4) is 0 Å². The Hall–Kier alpha value is -0.630. The first kappa shape index (κ1) is 5.51. The lowest BCUT2D eigenvalue weighted by Gasteiger charge is -1.88. The average Bonchev–Trinajstić information content (AvgIpc) is 1.64. The van der Waals surface area contributed by atoms with E-state index in [0.717, 1.165) is 0 Å². The van der Waals surface area contributed by atoms with Gasteiger partial charge in [-0.3, -0.25) is 0 Å². The van der Waals surface area contributed by atoms with Crippen LogP contribution in [-0.2, 0) is 0 Å². The van der Waals surface area contributed by atoms with Gasteiger partial charge in [-0.25, -0.2) is 4.98 Å². The first-order valence-electron chi connectivity index (χ1n) is 2.39. The third-order valence-corrected chi connectivity index (χ3v) is 1.11. The van der Waals surface area contributed by atoms with Gasteiger partial charge in [-0.15, -0.1) is 0 Å². The van der Waals surface area contributed by atoms with Crippen LogP contribution in [0.25, 0.3) is 0 Å². The zero-order chi connectivity index (χ0) is 5.98. The summed E-state index contributed by atoms with van der Waals surface area (Å²) in [6, 6.07) is 3.80. The Morgan fingerprint density at radius 3 is 2.75 bits per heavy atom. The summed E-state index contributed by atoms with van der Waals surface area (Å²) in [5, 5.41) is 0.671. The molecule has 0 N–H and O–H groups in total. The molecule has 0 unspecified atom stereocenters. The summed E-state index contributed by atoms with van der Waals surface area (Å²) in [5.41, 5.74) is 1.17. The highest BCUT2D eigenvalue weighted by Crippen LogP contribution is 2.02. The number of hydrogen-bond acceptors (Lipinski definition) is 1. The second-order valence-electron chi connectivity index (χ2n) is 1.67. The molecule has 0 saturated carbocycles. The van der Waals surface area contributed by atoms with Gasteiger partial charge in [0.1, 0.15) is 5.03 Å². The van der Waals surface area contributed by atoms with Crippen LogP contribution in [0.3, 0.4) is 0 Å². The smallest absolute Gasteiger partial charge is 0.126 e. The maximum atomic E-state index is 4.79. The molecule has 41 valence electrons. The first-order valence-corrected chi connectivity index (χ1v) is 2.79. The molecule has 2 heteroatoms. The quantitative estimate of drug-likeness (QED) is 0.515. The summed E-state index contributed by atoms with van der Waals surface area (Å²) < 4.78 is 0. The Labute approximate surface area is 54.2 Å². The molecule has 0 aliphatic rings. The molecule has 8 heavy (non-hydrogen) atoms. The number of pyridine rings is 1. The molecular weight excluding hydrogens is 118 g/mol. The average molecular weight is 124 g/mol. The predicted molar refractivity (Wildman–Crippen MR) is 34.8 cm³/mol. The lowest BCUT2D eigenvalue weighted by molar-refractivity contribution is 1.12. The van der Waals surface area contributed by atoms with Crippen LogP contribution in [0, 0.1) is 6.92 Å². The Bertz CT molecular complexity index is 168. The molecule has 0 fully saturated rings. The molecule has 0 aromatic carbocycles. The molecule has 0 bridgehead atoms. The van der Waals surface area contributed by atoms with Crippen molar-refractivity contribution in [3.63, 3.8) is 0 Å². The number of aryl methyl sites for hydroxylation is 1. The zero-order valence-corrected chi connectivity index (χ0v) is 5.40. The number of rotatable bonds is 0. The number of nitrogens with zero attached hydrogens (tertiary/aromatic N) is 1. The lowest BCUT2D eigenvalue weighted by Crippen LogP contribution is -1.74. The van der Waals surface area contributed by atoms with Gasteiger partial charge >= 0.3 is 0 Å². The predicted octanol–water partition coefficient (Wildman–Crippen LogP) is 1.95. The Morgan fingerprint density at radius 2 is 2.38 bits per heavy atom. The highest BCUT2D eigenvalue weighted by molar-refractivity contribution is 7.80. The van der Waals surface area contributed by atoms with E-state index in [9.17, 15) is 0 Å². The van der Waals surface area contributed by atoms with Crippen molar-refractivity contribution in [1.82, 2.24) is 4.98 Å². The summed E-state index contributed by atoms with van der Waals surface area (Å²) in [4.78, 5) is 3.85. The highest BCUT2D eigenvalue weighted by atomic mass is 32.1. The molecule has 0 amide bonds. The van der Waals surface area contributed by atoms with E-state index >= 15 is 0 Å². The minimum atomic E-state index is 0.671. The van der Waals surface area contributed by atoms with E-state index < -0.39 is 0 Å². The fraction of sp³-hybridized carbons (Fsp3) is 0.167. The Kier molecular flexibility index (Phi) is 1.44. The van der Waals surface area contributed by atoms with Crippen LogP contribution in [-0.4, -0.2) is 4.98 Å². The first-order chi connectivity index (χ1) is 3.79. The van der Waals surface area contributed by atoms with Gasteiger partial charge in [-0.2, -0.15) is 0 Å². The van der Waals surface area contributed by atoms with Gasteiger partial charge in [-0.05, 0) is 24.6 Å². The molecular formula is C6H6NS. The fourth-order valence-corrected chi connectivity index (χ4v) is 0.755. The van der Waals surface area contributed by atoms with Crippen LogP contribution in [0.15, 0.2) is 23.4 Å². The summed E-state index contributed by atoms with van der Waals surface area (Å²) in [6.45, 7) is 2.00. The molecule has 1 heterocycles. The number of hydrogen-bond donors (Lipinski definition) is 0. The molecule has 0 spiro atoms. The summed E-state index contributed by atoms with van der Waals surface area (Å²) >= 11 is 4.79.